The molecule has 6 nitrogen and oxygen atoms in total. The maximum absolute atomic E-state index is 5.79. The zero-order valence-corrected chi connectivity index (χ0v) is 9.54. The molecule has 0 radical (unpaired) electrons. The van der Waals surface area contributed by atoms with Gasteiger partial charge in [-0.15, -0.1) is 5.10 Å². The van der Waals surface area contributed by atoms with Crippen molar-refractivity contribution in [2.24, 2.45) is 0 Å². The molecule has 17 heavy (non-hydrogen) atoms. The number of rotatable bonds is 2. The highest BCUT2D eigenvalue weighted by atomic mass is 16.5. The summed E-state index contributed by atoms with van der Waals surface area (Å²) in [5, 5.41) is 4.18. The first-order valence-electron chi connectivity index (χ1n) is 5.72. The molecule has 1 saturated heterocycles. The molecule has 0 bridgehead atoms. The van der Waals surface area contributed by atoms with E-state index in [0.717, 1.165) is 44.1 Å². The Morgan fingerprint density at radius 3 is 3.00 bits per heavy atom. The van der Waals surface area contributed by atoms with E-state index in [4.69, 9.17) is 10.5 Å². The Kier molecular flexibility index (Phi) is 2.66. The summed E-state index contributed by atoms with van der Waals surface area (Å²) in [5.74, 6) is 0.527. The van der Waals surface area contributed by atoms with Gasteiger partial charge < -0.3 is 10.5 Å². The zero-order chi connectivity index (χ0) is 11.7. The summed E-state index contributed by atoms with van der Waals surface area (Å²) in [6.45, 7) is 4.34. The molecule has 0 aliphatic carbocycles. The lowest BCUT2D eigenvalue weighted by Crippen LogP contribution is -2.35. The van der Waals surface area contributed by atoms with Crippen LogP contribution in [0, 0.1) is 0 Å². The van der Waals surface area contributed by atoms with E-state index in [1.54, 1.807) is 10.7 Å². The van der Waals surface area contributed by atoms with E-state index >= 15 is 0 Å². The molecule has 2 aromatic rings. The Labute approximate surface area is 99.0 Å². The second-order valence-corrected chi connectivity index (χ2v) is 4.18. The zero-order valence-electron chi connectivity index (χ0n) is 9.54. The molecule has 2 N–H and O–H groups in total. The predicted molar refractivity (Wildman–Crippen MR) is 63.5 cm³/mol. The fourth-order valence-electron chi connectivity index (χ4n) is 2.12. The normalized spacial score (nSPS) is 17.6. The van der Waals surface area contributed by atoms with Crippen LogP contribution in [0.5, 0.6) is 0 Å². The number of ether oxygens (including phenoxy) is 1. The minimum atomic E-state index is 0.527. The van der Waals surface area contributed by atoms with Gasteiger partial charge in [-0.25, -0.2) is 9.50 Å². The molecule has 3 rings (SSSR count). The summed E-state index contributed by atoms with van der Waals surface area (Å²) in [6.07, 6.45) is 3.55. The second kappa shape index (κ2) is 4.31. The summed E-state index contributed by atoms with van der Waals surface area (Å²) in [6, 6.07) is 1.90. The van der Waals surface area contributed by atoms with Gasteiger partial charge in [0, 0.05) is 37.6 Å². The second-order valence-electron chi connectivity index (χ2n) is 4.18. The van der Waals surface area contributed by atoms with Crippen molar-refractivity contribution in [3.63, 3.8) is 0 Å². The van der Waals surface area contributed by atoms with E-state index in [9.17, 15) is 0 Å². The van der Waals surface area contributed by atoms with Gasteiger partial charge in [0.25, 0.3) is 0 Å². The topological polar surface area (TPSA) is 68.7 Å². The Bertz CT molecular complexity index is 518. The van der Waals surface area contributed by atoms with E-state index in [2.05, 4.69) is 15.0 Å². The number of morpholine rings is 1. The van der Waals surface area contributed by atoms with E-state index in [0.29, 0.717) is 5.82 Å². The summed E-state index contributed by atoms with van der Waals surface area (Å²) < 4.78 is 7.06. The Morgan fingerprint density at radius 2 is 2.18 bits per heavy atom. The summed E-state index contributed by atoms with van der Waals surface area (Å²) in [5.41, 5.74) is 7.78. The molecule has 1 aliphatic rings. The van der Waals surface area contributed by atoms with Crippen molar-refractivity contribution in [2.45, 2.75) is 6.54 Å². The van der Waals surface area contributed by atoms with Crippen molar-refractivity contribution in [1.82, 2.24) is 19.5 Å². The van der Waals surface area contributed by atoms with Gasteiger partial charge >= 0.3 is 0 Å². The standard InChI is InChI=1S/C11H15N5O/c12-10-7-9(8-15-3-5-17-6-4-15)11-13-1-2-16(11)14-10/h1-2,7H,3-6,8H2,(H2,12,14). The monoisotopic (exact) mass is 233 g/mol. The van der Waals surface area contributed by atoms with Crippen LogP contribution in [-0.2, 0) is 11.3 Å². The van der Waals surface area contributed by atoms with Crippen LogP contribution in [0.15, 0.2) is 18.5 Å². The third kappa shape index (κ3) is 2.09. The largest absolute Gasteiger partial charge is 0.382 e. The number of fused-ring (bicyclic) bond motifs is 1. The summed E-state index contributed by atoms with van der Waals surface area (Å²) >= 11 is 0. The van der Waals surface area contributed by atoms with E-state index in [-0.39, 0.29) is 0 Å². The molecule has 0 spiro atoms. The minimum Gasteiger partial charge on any atom is -0.382 e. The quantitative estimate of drug-likeness (QED) is 0.799. The first-order valence-corrected chi connectivity index (χ1v) is 5.72. The number of hydrogen-bond donors (Lipinski definition) is 1. The molecule has 0 saturated carbocycles. The first kappa shape index (κ1) is 10.5. The fraction of sp³-hybridized carbons (Fsp3) is 0.455. The van der Waals surface area contributed by atoms with Crippen LogP contribution in [0.3, 0.4) is 0 Å². The van der Waals surface area contributed by atoms with Crippen LogP contribution < -0.4 is 5.73 Å². The molecule has 6 heteroatoms. The smallest absolute Gasteiger partial charge is 0.158 e. The van der Waals surface area contributed by atoms with Gasteiger partial charge in [0.15, 0.2) is 5.65 Å². The number of anilines is 1. The highest BCUT2D eigenvalue weighted by Gasteiger charge is 2.13. The maximum Gasteiger partial charge on any atom is 0.158 e. The molecule has 0 unspecified atom stereocenters. The van der Waals surface area contributed by atoms with Crippen molar-refractivity contribution in [3.8, 4) is 0 Å². The van der Waals surface area contributed by atoms with Crippen LogP contribution >= 0.6 is 0 Å². The van der Waals surface area contributed by atoms with Gasteiger partial charge in [-0.05, 0) is 6.07 Å². The lowest BCUT2D eigenvalue weighted by atomic mass is 10.2. The van der Waals surface area contributed by atoms with E-state index in [1.165, 1.54) is 0 Å². The van der Waals surface area contributed by atoms with Crippen LogP contribution in [0.1, 0.15) is 5.56 Å². The van der Waals surface area contributed by atoms with Gasteiger partial charge in [0.1, 0.15) is 5.82 Å². The van der Waals surface area contributed by atoms with Crippen molar-refractivity contribution in [3.05, 3.63) is 24.0 Å². The average molecular weight is 233 g/mol. The van der Waals surface area contributed by atoms with Gasteiger partial charge in [0.2, 0.25) is 0 Å². The van der Waals surface area contributed by atoms with Gasteiger partial charge in [-0.1, -0.05) is 0 Å². The highest BCUT2D eigenvalue weighted by Crippen LogP contribution is 2.14. The molecule has 3 heterocycles. The molecular formula is C11H15N5O. The Hall–Kier alpha value is -1.66. The maximum atomic E-state index is 5.79. The summed E-state index contributed by atoms with van der Waals surface area (Å²) in [4.78, 5) is 6.65. The van der Waals surface area contributed by atoms with Crippen molar-refractivity contribution < 1.29 is 4.74 Å². The van der Waals surface area contributed by atoms with E-state index < -0.39 is 0 Å². The molecule has 1 aliphatic heterocycles. The van der Waals surface area contributed by atoms with Crippen LogP contribution in [0.4, 0.5) is 5.82 Å². The third-order valence-electron chi connectivity index (χ3n) is 2.95. The average Bonchev–Trinajstić information content (AvgIpc) is 2.78. The van der Waals surface area contributed by atoms with E-state index in [1.807, 2.05) is 12.3 Å². The van der Waals surface area contributed by atoms with Crippen molar-refractivity contribution in [1.29, 1.82) is 0 Å². The molecule has 0 amide bonds. The SMILES string of the molecule is Nc1cc(CN2CCOCC2)c2nccn2n1. The molecule has 0 aromatic carbocycles. The molecule has 1 fully saturated rings. The van der Waals surface area contributed by atoms with Crippen LogP contribution in [0.25, 0.3) is 5.65 Å². The van der Waals surface area contributed by atoms with Gasteiger partial charge in [-0.3, -0.25) is 4.90 Å². The lowest BCUT2D eigenvalue weighted by molar-refractivity contribution is 0.0343. The number of imidazole rings is 1. The molecular weight excluding hydrogens is 218 g/mol. The number of nitrogen functional groups attached to an aromatic ring is 1. The lowest BCUT2D eigenvalue weighted by Gasteiger charge is -2.26. The number of aromatic nitrogens is 3. The van der Waals surface area contributed by atoms with Crippen LogP contribution in [0.2, 0.25) is 0 Å². The fourth-order valence-corrected chi connectivity index (χ4v) is 2.12. The molecule has 90 valence electrons. The van der Waals surface area contributed by atoms with Gasteiger partial charge in [-0.2, -0.15) is 0 Å². The minimum absolute atomic E-state index is 0.527. The Balaban J connectivity index is 1.90. The first-order chi connectivity index (χ1) is 8.33. The summed E-state index contributed by atoms with van der Waals surface area (Å²) in [7, 11) is 0. The van der Waals surface area contributed by atoms with Crippen molar-refractivity contribution in [2.75, 3.05) is 32.0 Å². The predicted octanol–water partition coefficient (Wildman–Crippen LogP) is 0.144. The number of hydrogen-bond acceptors (Lipinski definition) is 5. The number of nitrogens with two attached hydrogens (primary N) is 1. The number of nitrogens with zero attached hydrogens (tertiary/aromatic N) is 4. The van der Waals surface area contributed by atoms with Crippen LogP contribution in [-0.4, -0.2) is 45.8 Å². The highest BCUT2D eigenvalue weighted by molar-refractivity contribution is 5.50. The van der Waals surface area contributed by atoms with Crippen molar-refractivity contribution >= 4 is 11.5 Å². The molecule has 0 atom stereocenters. The molecule has 2 aromatic heterocycles. The Morgan fingerprint density at radius 1 is 1.35 bits per heavy atom. The third-order valence-corrected chi connectivity index (χ3v) is 2.95. The van der Waals surface area contributed by atoms with Gasteiger partial charge in [0.05, 0.1) is 13.2 Å².